The smallest absolute Gasteiger partial charge is 0.238 e. The first kappa shape index (κ1) is 8.39. The predicted octanol–water partition coefficient (Wildman–Crippen LogP) is -1.04. The number of hydrazine groups is 1. The van der Waals surface area contributed by atoms with Gasteiger partial charge in [-0.3, -0.25) is 10.2 Å². The zero-order valence-electron chi connectivity index (χ0n) is 5.72. The number of nitrogens with one attached hydrogen (secondary N) is 1. The van der Waals surface area contributed by atoms with Gasteiger partial charge in [0.05, 0.1) is 5.92 Å². The van der Waals surface area contributed by atoms with E-state index in [1.807, 2.05) is 5.43 Å². The van der Waals surface area contributed by atoms with Crippen molar-refractivity contribution in [2.24, 2.45) is 17.5 Å². The van der Waals surface area contributed by atoms with Crippen LogP contribution in [-0.2, 0) is 4.79 Å². The molecule has 0 saturated heterocycles. The minimum atomic E-state index is -0.218. The van der Waals surface area contributed by atoms with Crippen molar-refractivity contribution in [1.82, 2.24) is 5.43 Å². The molecule has 4 nitrogen and oxygen atoms in total. The van der Waals surface area contributed by atoms with Crippen molar-refractivity contribution in [3.63, 3.8) is 0 Å². The van der Waals surface area contributed by atoms with E-state index < -0.39 is 0 Å². The number of amides is 1. The molecule has 0 aromatic carbocycles. The first-order valence-corrected chi connectivity index (χ1v) is 2.85. The Kier molecular flexibility index (Phi) is 3.19. The summed E-state index contributed by atoms with van der Waals surface area (Å²) in [5, 5.41) is 0. The third kappa shape index (κ3) is 2.43. The highest BCUT2D eigenvalue weighted by Gasteiger charge is 2.14. The molecule has 4 heteroatoms. The maximum Gasteiger partial charge on any atom is 0.238 e. The molecule has 0 aliphatic heterocycles. The van der Waals surface area contributed by atoms with Gasteiger partial charge in [-0.15, -0.1) is 0 Å². The Morgan fingerprint density at radius 3 is 2.11 bits per heavy atom. The van der Waals surface area contributed by atoms with Crippen molar-refractivity contribution >= 4 is 5.91 Å². The average molecular weight is 131 g/mol. The highest BCUT2D eigenvalue weighted by Crippen LogP contribution is 1.97. The van der Waals surface area contributed by atoms with Gasteiger partial charge in [0.2, 0.25) is 5.91 Å². The topological polar surface area (TPSA) is 81.1 Å². The zero-order chi connectivity index (χ0) is 7.44. The van der Waals surface area contributed by atoms with E-state index in [0.717, 1.165) is 0 Å². The van der Waals surface area contributed by atoms with Crippen LogP contribution in [0.1, 0.15) is 13.8 Å². The van der Waals surface area contributed by atoms with Crippen molar-refractivity contribution in [2.45, 2.75) is 19.9 Å². The normalized spacial score (nSPS) is 16.4. The van der Waals surface area contributed by atoms with Gasteiger partial charge in [0.25, 0.3) is 0 Å². The van der Waals surface area contributed by atoms with E-state index in [9.17, 15) is 4.79 Å². The third-order valence-electron chi connectivity index (χ3n) is 1.34. The summed E-state index contributed by atoms with van der Waals surface area (Å²) in [5.41, 5.74) is 7.42. The zero-order valence-corrected chi connectivity index (χ0v) is 5.72. The lowest BCUT2D eigenvalue weighted by Crippen LogP contribution is -2.41. The van der Waals surface area contributed by atoms with E-state index in [1.165, 1.54) is 0 Å². The van der Waals surface area contributed by atoms with Gasteiger partial charge < -0.3 is 5.73 Å². The summed E-state index contributed by atoms with van der Waals surface area (Å²) in [6.07, 6.45) is 0. The molecule has 0 radical (unpaired) electrons. The SMILES string of the molecule is CC(N)C(C)C(=O)NN. The average Bonchev–Trinajstić information content (AvgIpc) is 1.84. The monoisotopic (exact) mass is 131 g/mol. The number of nitrogens with two attached hydrogens (primary N) is 2. The van der Waals surface area contributed by atoms with Gasteiger partial charge in [-0.25, -0.2) is 5.84 Å². The number of carbonyl (C=O) groups is 1. The van der Waals surface area contributed by atoms with Crippen LogP contribution in [0.15, 0.2) is 0 Å². The molecule has 0 aromatic heterocycles. The molecular weight excluding hydrogens is 118 g/mol. The molecule has 54 valence electrons. The summed E-state index contributed by atoms with van der Waals surface area (Å²) in [5.74, 6) is 4.43. The van der Waals surface area contributed by atoms with Crippen LogP contribution in [0.3, 0.4) is 0 Å². The fraction of sp³-hybridized carbons (Fsp3) is 0.800. The summed E-state index contributed by atoms with van der Waals surface area (Å²) in [4.78, 5) is 10.6. The van der Waals surface area contributed by atoms with Crippen LogP contribution >= 0.6 is 0 Å². The van der Waals surface area contributed by atoms with Crippen molar-refractivity contribution in [1.29, 1.82) is 0 Å². The maximum atomic E-state index is 10.6. The lowest BCUT2D eigenvalue weighted by Gasteiger charge is -2.12. The summed E-state index contributed by atoms with van der Waals surface area (Å²) in [7, 11) is 0. The Morgan fingerprint density at radius 1 is 1.56 bits per heavy atom. The largest absolute Gasteiger partial charge is 0.327 e. The van der Waals surface area contributed by atoms with Gasteiger partial charge >= 0.3 is 0 Å². The van der Waals surface area contributed by atoms with Crippen molar-refractivity contribution in [2.75, 3.05) is 0 Å². The molecule has 0 aliphatic carbocycles. The van der Waals surface area contributed by atoms with E-state index in [4.69, 9.17) is 11.6 Å². The molecule has 0 bridgehead atoms. The molecule has 2 unspecified atom stereocenters. The Hall–Kier alpha value is -0.610. The number of hydrogen-bond donors (Lipinski definition) is 3. The van der Waals surface area contributed by atoms with Crippen LogP contribution in [0.4, 0.5) is 0 Å². The quantitative estimate of drug-likeness (QED) is 0.254. The Morgan fingerprint density at radius 2 is 2.00 bits per heavy atom. The van der Waals surface area contributed by atoms with E-state index in [1.54, 1.807) is 13.8 Å². The molecule has 0 heterocycles. The lowest BCUT2D eigenvalue weighted by atomic mass is 10.0. The Bertz CT molecular complexity index is 102. The van der Waals surface area contributed by atoms with E-state index in [-0.39, 0.29) is 17.9 Å². The van der Waals surface area contributed by atoms with Gasteiger partial charge in [-0.1, -0.05) is 6.92 Å². The first-order valence-electron chi connectivity index (χ1n) is 2.85. The second-order valence-corrected chi connectivity index (χ2v) is 2.16. The summed E-state index contributed by atoms with van der Waals surface area (Å²) < 4.78 is 0. The second kappa shape index (κ2) is 3.42. The van der Waals surface area contributed by atoms with Crippen LogP contribution in [-0.4, -0.2) is 11.9 Å². The van der Waals surface area contributed by atoms with Crippen molar-refractivity contribution in [3.8, 4) is 0 Å². The number of carbonyl (C=O) groups excluding carboxylic acids is 1. The molecule has 0 rings (SSSR count). The molecular formula is C5H13N3O. The highest BCUT2D eigenvalue weighted by atomic mass is 16.2. The van der Waals surface area contributed by atoms with Gasteiger partial charge in [0.1, 0.15) is 0 Å². The predicted molar refractivity (Wildman–Crippen MR) is 35.1 cm³/mol. The first-order chi connectivity index (χ1) is 4.09. The second-order valence-electron chi connectivity index (χ2n) is 2.16. The van der Waals surface area contributed by atoms with Gasteiger partial charge in [-0.05, 0) is 6.92 Å². The lowest BCUT2D eigenvalue weighted by molar-refractivity contribution is -0.124. The van der Waals surface area contributed by atoms with Crippen LogP contribution in [0, 0.1) is 5.92 Å². The minimum Gasteiger partial charge on any atom is -0.327 e. The molecule has 0 spiro atoms. The Balaban J connectivity index is 3.72. The van der Waals surface area contributed by atoms with Crippen molar-refractivity contribution < 1.29 is 4.79 Å². The van der Waals surface area contributed by atoms with Gasteiger partial charge in [0, 0.05) is 6.04 Å². The summed E-state index contributed by atoms with van der Waals surface area (Å²) >= 11 is 0. The van der Waals surface area contributed by atoms with E-state index >= 15 is 0 Å². The van der Waals surface area contributed by atoms with E-state index in [0.29, 0.717) is 0 Å². The molecule has 5 N–H and O–H groups in total. The van der Waals surface area contributed by atoms with Crippen molar-refractivity contribution in [3.05, 3.63) is 0 Å². The highest BCUT2D eigenvalue weighted by molar-refractivity contribution is 5.78. The number of hydrogen-bond acceptors (Lipinski definition) is 3. The molecule has 0 aliphatic rings. The molecule has 0 aromatic rings. The maximum absolute atomic E-state index is 10.6. The summed E-state index contributed by atoms with van der Waals surface area (Å²) in [6, 6.07) is -0.145. The van der Waals surface area contributed by atoms with Crippen LogP contribution in [0.2, 0.25) is 0 Å². The van der Waals surface area contributed by atoms with Crippen LogP contribution in [0.25, 0.3) is 0 Å². The van der Waals surface area contributed by atoms with Gasteiger partial charge in [-0.2, -0.15) is 0 Å². The summed E-state index contributed by atoms with van der Waals surface area (Å²) in [6.45, 7) is 3.49. The molecule has 0 fully saturated rings. The fourth-order valence-corrected chi connectivity index (χ4v) is 0.370. The van der Waals surface area contributed by atoms with E-state index in [2.05, 4.69) is 0 Å². The van der Waals surface area contributed by atoms with Crippen LogP contribution in [0.5, 0.6) is 0 Å². The molecule has 0 saturated carbocycles. The molecule has 1 amide bonds. The molecule has 2 atom stereocenters. The fourth-order valence-electron chi connectivity index (χ4n) is 0.370. The third-order valence-corrected chi connectivity index (χ3v) is 1.34. The number of rotatable bonds is 2. The van der Waals surface area contributed by atoms with Gasteiger partial charge in [0.15, 0.2) is 0 Å². The minimum absolute atomic E-state index is 0.145. The van der Waals surface area contributed by atoms with Crippen LogP contribution < -0.4 is 17.0 Å². The standard InChI is InChI=1S/C5H13N3O/c1-3(4(2)6)5(9)8-7/h3-4H,6-7H2,1-2H3,(H,8,9). The Labute approximate surface area is 54.6 Å². The molecule has 9 heavy (non-hydrogen) atoms.